The van der Waals surface area contributed by atoms with Crippen molar-refractivity contribution in [3.63, 3.8) is 0 Å². The Hall–Kier alpha value is -2.46. The first-order valence-corrected chi connectivity index (χ1v) is 8.69. The van der Waals surface area contributed by atoms with E-state index in [-0.39, 0.29) is 0 Å². The average molecular weight is 356 g/mol. The van der Waals surface area contributed by atoms with Crippen LogP contribution in [0.5, 0.6) is 5.75 Å². The van der Waals surface area contributed by atoms with Crippen molar-refractivity contribution in [1.82, 2.24) is 10.4 Å². The number of hydrogen-bond acceptors (Lipinski definition) is 3. The quantitative estimate of drug-likeness (QED) is 0.276. The number of nitrogens with one attached hydrogen (secondary N) is 2. The molecule has 3 rings (SSSR count). The van der Waals surface area contributed by atoms with E-state index in [2.05, 4.69) is 35.4 Å². The van der Waals surface area contributed by atoms with E-state index in [1.165, 1.54) is 0 Å². The Bertz CT molecular complexity index is 899. The number of rotatable bonds is 6. The minimum Gasteiger partial charge on any atom is -0.472 e. The summed E-state index contributed by atoms with van der Waals surface area (Å²) in [6.45, 7) is 6.51. The van der Waals surface area contributed by atoms with Gasteiger partial charge in [-0.2, -0.15) is 5.10 Å². The zero-order valence-corrected chi connectivity index (χ0v) is 15.4. The van der Waals surface area contributed by atoms with Gasteiger partial charge in [-0.25, -0.2) is 0 Å². The van der Waals surface area contributed by atoms with Crippen molar-refractivity contribution in [3.05, 3.63) is 64.3 Å². The molecule has 4 nitrogen and oxygen atoms in total. The molecule has 2 N–H and O–H groups in total. The molecule has 25 heavy (non-hydrogen) atoms. The monoisotopic (exact) mass is 355 g/mol. The normalized spacial score (nSPS) is 11.6. The van der Waals surface area contributed by atoms with E-state index in [0.717, 1.165) is 38.4 Å². The molecule has 0 aliphatic carbocycles. The number of fused-ring (bicyclic) bond motifs is 1. The second-order valence-corrected chi connectivity index (χ2v) is 6.70. The first-order valence-electron chi connectivity index (χ1n) is 8.31. The Kier molecular flexibility index (Phi) is 5.29. The molecule has 0 amide bonds. The predicted octanol–water partition coefficient (Wildman–Crippen LogP) is 5.21. The van der Waals surface area contributed by atoms with E-state index in [9.17, 15) is 0 Å². The lowest BCUT2D eigenvalue weighted by Gasteiger charge is -2.15. The molecule has 0 radical (unpaired) electrons. The maximum atomic E-state index is 6.22. The van der Waals surface area contributed by atoms with Crippen LogP contribution in [0.25, 0.3) is 10.9 Å². The molecule has 0 saturated heterocycles. The molecular formula is C20H22ClN3O. The van der Waals surface area contributed by atoms with Crippen LogP contribution in [0.2, 0.25) is 5.02 Å². The van der Waals surface area contributed by atoms with Gasteiger partial charge in [0.25, 0.3) is 0 Å². The van der Waals surface area contributed by atoms with E-state index in [0.29, 0.717) is 12.6 Å². The fraction of sp³-hybridized carbons (Fsp3) is 0.250. The number of benzene rings is 2. The van der Waals surface area contributed by atoms with Crippen molar-refractivity contribution in [3.8, 4) is 5.75 Å². The highest BCUT2D eigenvalue weighted by Gasteiger charge is 2.10. The lowest BCUT2D eigenvalue weighted by atomic mass is 10.0. The van der Waals surface area contributed by atoms with Gasteiger partial charge in [0, 0.05) is 27.7 Å². The number of para-hydroxylation sites is 1. The maximum Gasteiger partial charge on any atom is 0.173 e. The smallest absolute Gasteiger partial charge is 0.173 e. The van der Waals surface area contributed by atoms with Crippen LogP contribution in [0.15, 0.2) is 47.7 Å². The molecule has 0 aliphatic rings. The molecule has 0 atom stereocenters. The number of hydrazone groups is 1. The van der Waals surface area contributed by atoms with E-state index >= 15 is 0 Å². The third-order valence-corrected chi connectivity index (χ3v) is 4.53. The SMILES string of the molecule is Cc1cc(OCNN=Cc2c[nH]c3ccccc23)c(C(C)C)cc1Cl. The molecule has 0 spiro atoms. The summed E-state index contributed by atoms with van der Waals surface area (Å²) < 4.78 is 5.85. The van der Waals surface area contributed by atoms with Gasteiger partial charge >= 0.3 is 0 Å². The van der Waals surface area contributed by atoms with Crippen molar-refractivity contribution in [2.24, 2.45) is 5.10 Å². The first kappa shape index (κ1) is 17.4. The van der Waals surface area contributed by atoms with Crippen molar-refractivity contribution in [2.45, 2.75) is 26.7 Å². The zero-order chi connectivity index (χ0) is 17.8. The molecule has 1 heterocycles. The molecule has 5 heteroatoms. The molecular weight excluding hydrogens is 334 g/mol. The van der Waals surface area contributed by atoms with Crippen molar-refractivity contribution in [2.75, 3.05) is 6.73 Å². The highest BCUT2D eigenvalue weighted by atomic mass is 35.5. The number of hydrogen-bond donors (Lipinski definition) is 2. The molecule has 2 aromatic carbocycles. The van der Waals surface area contributed by atoms with Crippen LogP contribution in [0.4, 0.5) is 0 Å². The number of aryl methyl sites for hydroxylation is 1. The molecule has 3 aromatic rings. The summed E-state index contributed by atoms with van der Waals surface area (Å²) in [7, 11) is 0. The minimum absolute atomic E-state index is 0.291. The molecule has 1 aromatic heterocycles. The van der Waals surface area contributed by atoms with Crippen molar-refractivity contribution >= 4 is 28.7 Å². The van der Waals surface area contributed by atoms with Gasteiger partial charge in [-0.1, -0.05) is 43.6 Å². The average Bonchev–Trinajstić information content (AvgIpc) is 3.00. The number of nitrogens with zero attached hydrogens (tertiary/aromatic N) is 1. The Balaban J connectivity index is 1.63. The van der Waals surface area contributed by atoms with Gasteiger partial charge in [-0.05, 0) is 42.2 Å². The van der Waals surface area contributed by atoms with Crippen LogP contribution < -0.4 is 10.2 Å². The van der Waals surface area contributed by atoms with Crippen LogP contribution >= 0.6 is 11.6 Å². The number of aromatic amines is 1. The Labute approximate surface area is 152 Å². The van der Waals surface area contributed by atoms with Crippen molar-refractivity contribution < 1.29 is 4.74 Å². The summed E-state index contributed by atoms with van der Waals surface area (Å²) in [5.74, 6) is 1.18. The molecule has 0 saturated carbocycles. The lowest BCUT2D eigenvalue weighted by Crippen LogP contribution is -2.15. The van der Waals surface area contributed by atoms with Gasteiger partial charge in [0.15, 0.2) is 6.73 Å². The molecule has 0 unspecified atom stereocenters. The summed E-state index contributed by atoms with van der Waals surface area (Å²) in [6, 6.07) is 12.1. The van der Waals surface area contributed by atoms with Crippen LogP contribution in [0, 0.1) is 6.92 Å². The maximum absolute atomic E-state index is 6.22. The fourth-order valence-electron chi connectivity index (χ4n) is 2.71. The summed E-state index contributed by atoms with van der Waals surface area (Å²) in [6.07, 6.45) is 3.73. The Morgan fingerprint density at radius 2 is 2.08 bits per heavy atom. The molecule has 0 fully saturated rings. The van der Waals surface area contributed by atoms with E-state index in [1.807, 2.05) is 43.5 Å². The van der Waals surface area contributed by atoms with E-state index < -0.39 is 0 Å². The number of aromatic nitrogens is 1. The molecule has 0 bridgehead atoms. The third-order valence-electron chi connectivity index (χ3n) is 4.12. The van der Waals surface area contributed by atoms with Crippen LogP contribution in [-0.4, -0.2) is 17.9 Å². The zero-order valence-electron chi connectivity index (χ0n) is 14.6. The summed E-state index contributed by atoms with van der Waals surface area (Å²) >= 11 is 6.22. The van der Waals surface area contributed by atoms with Crippen LogP contribution in [-0.2, 0) is 0 Å². The number of ether oxygens (including phenoxy) is 1. The Morgan fingerprint density at radius 3 is 2.88 bits per heavy atom. The number of H-pyrrole nitrogens is 1. The van der Waals surface area contributed by atoms with Crippen LogP contribution in [0.1, 0.15) is 36.5 Å². The third kappa shape index (κ3) is 3.97. The van der Waals surface area contributed by atoms with Gasteiger partial charge in [-0.3, -0.25) is 5.43 Å². The fourth-order valence-corrected chi connectivity index (χ4v) is 2.88. The van der Waals surface area contributed by atoms with Crippen LogP contribution in [0.3, 0.4) is 0 Å². The summed E-state index contributed by atoms with van der Waals surface area (Å²) in [5.41, 5.74) is 7.17. The van der Waals surface area contributed by atoms with E-state index in [1.54, 1.807) is 6.21 Å². The second kappa shape index (κ2) is 7.62. The van der Waals surface area contributed by atoms with Crippen molar-refractivity contribution in [1.29, 1.82) is 0 Å². The number of halogens is 1. The molecule has 130 valence electrons. The summed E-state index contributed by atoms with van der Waals surface area (Å²) in [5, 5.41) is 6.16. The predicted molar refractivity (Wildman–Crippen MR) is 105 cm³/mol. The molecule has 0 aliphatic heterocycles. The van der Waals surface area contributed by atoms with Gasteiger partial charge in [0.2, 0.25) is 0 Å². The highest BCUT2D eigenvalue weighted by molar-refractivity contribution is 6.31. The second-order valence-electron chi connectivity index (χ2n) is 6.29. The highest BCUT2D eigenvalue weighted by Crippen LogP contribution is 2.31. The minimum atomic E-state index is 0.291. The standard InChI is InChI=1S/C20H22ClN3O/c1-13(2)17-9-18(21)14(3)8-20(17)25-12-24-23-11-15-10-22-19-7-5-4-6-16(15)19/h4-11,13,22,24H,12H2,1-3H3. The Morgan fingerprint density at radius 1 is 1.28 bits per heavy atom. The van der Waals surface area contributed by atoms with Gasteiger partial charge in [0.1, 0.15) is 5.75 Å². The summed E-state index contributed by atoms with van der Waals surface area (Å²) in [4.78, 5) is 3.22. The van der Waals surface area contributed by atoms with Gasteiger partial charge in [-0.15, -0.1) is 0 Å². The van der Waals surface area contributed by atoms with Gasteiger partial charge in [0.05, 0.1) is 6.21 Å². The first-order chi connectivity index (χ1) is 12.1. The lowest BCUT2D eigenvalue weighted by molar-refractivity contribution is 0.283. The van der Waals surface area contributed by atoms with Gasteiger partial charge < -0.3 is 9.72 Å². The van der Waals surface area contributed by atoms with E-state index in [4.69, 9.17) is 16.3 Å². The largest absolute Gasteiger partial charge is 0.472 e. The topological polar surface area (TPSA) is 49.4 Å².